The minimum atomic E-state index is -0.906. The third-order valence-electron chi connectivity index (χ3n) is 1.62. The number of nitrogens with two attached hydrogens (primary N) is 1. The van der Waals surface area contributed by atoms with E-state index in [2.05, 4.69) is 37.3 Å². The van der Waals surface area contributed by atoms with Crippen molar-refractivity contribution in [1.29, 1.82) is 0 Å². The lowest BCUT2D eigenvalue weighted by Crippen LogP contribution is -2.21. The summed E-state index contributed by atoms with van der Waals surface area (Å²) in [7, 11) is 0. The highest BCUT2D eigenvalue weighted by Gasteiger charge is 2.20. The highest BCUT2D eigenvalue weighted by atomic mass is 127. The number of carbonyl (C=O) groups is 1. The van der Waals surface area contributed by atoms with Gasteiger partial charge in [-0.15, -0.1) is 0 Å². The molecule has 0 bridgehead atoms. The van der Waals surface area contributed by atoms with E-state index in [1.165, 1.54) is 0 Å². The van der Waals surface area contributed by atoms with Crippen LogP contribution in [0.15, 0.2) is 6.20 Å². The van der Waals surface area contributed by atoms with Gasteiger partial charge in [0.1, 0.15) is 0 Å². The van der Waals surface area contributed by atoms with Crippen LogP contribution in [0.25, 0.3) is 0 Å². The second-order valence-electron chi connectivity index (χ2n) is 4.02. The van der Waals surface area contributed by atoms with Crippen molar-refractivity contribution in [2.75, 3.05) is 0 Å². The molecule has 1 aromatic heterocycles. The molecule has 0 radical (unpaired) electrons. The molecule has 0 saturated heterocycles. The summed E-state index contributed by atoms with van der Waals surface area (Å²) < 4.78 is 5.55. The number of primary amides is 1. The molecule has 0 saturated carbocycles. The number of hydrogen-bond acceptors (Lipinski definition) is 4. The van der Waals surface area contributed by atoms with Crippen molar-refractivity contribution in [3.8, 4) is 6.01 Å². The predicted octanol–water partition coefficient (Wildman–Crippen LogP) is 1.84. The lowest BCUT2D eigenvalue weighted by atomic mass is 9.92. The first-order chi connectivity index (χ1) is 6.80. The maximum Gasteiger partial charge on any atom is 0.412 e. The molecule has 0 aliphatic rings. The maximum absolute atomic E-state index is 10.5. The summed E-state index contributed by atoms with van der Waals surface area (Å²) in [4.78, 5) is 18.5. The summed E-state index contributed by atoms with van der Waals surface area (Å²) in [5.41, 5.74) is 5.58. The van der Waals surface area contributed by atoms with Gasteiger partial charge in [-0.05, 0) is 22.6 Å². The van der Waals surface area contributed by atoms with E-state index in [0.29, 0.717) is 0 Å². The summed E-state index contributed by atoms with van der Waals surface area (Å²) in [6, 6.07) is -0.00663. The first-order valence-corrected chi connectivity index (χ1v) is 5.39. The zero-order valence-electron chi connectivity index (χ0n) is 8.74. The molecule has 0 atom stereocenters. The Morgan fingerprint density at radius 1 is 1.53 bits per heavy atom. The number of amides is 1. The Kier molecular flexibility index (Phi) is 3.48. The molecule has 0 spiro atoms. The normalized spacial score (nSPS) is 11.2. The number of rotatable bonds is 1. The SMILES string of the molecule is CC(C)(C)c1nc(OC(N)=O)ncc1I. The number of nitrogens with zero attached hydrogens (tertiary/aromatic N) is 2. The van der Waals surface area contributed by atoms with Crippen molar-refractivity contribution in [3.63, 3.8) is 0 Å². The molecule has 0 aliphatic carbocycles. The average molecular weight is 321 g/mol. The van der Waals surface area contributed by atoms with Crippen LogP contribution in [0.2, 0.25) is 0 Å². The number of ether oxygens (including phenoxy) is 1. The Morgan fingerprint density at radius 3 is 2.60 bits per heavy atom. The quantitative estimate of drug-likeness (QED) is 0.801. The van der Waals surface area contributed by atoms with Crippen molar-refractivity contribution >= 4 is 28.7 Å². The van der Waals surface area contributed by atoms with Crippen LogP contribution >= 0.6 is 22.6 Å². The van der Waals surface area contributed by atoms with Crippen LogP contribution < -0.4 is 10.5 Å². The van der Waals surface area contributed by atoms with E-state index < -0.39 is 6.09 Å². The van der Waals surface area contributed by atoms with Crippen LogP contribution in [-0.4, -0.2) is 16.1 Å². The molecule has 1 amide bonds. The number of hydrogen-bond donors (Lipinski definition) is 1. The minimum absolute atomic E-state index is 0.00663. The van der Waals surface area contributed by atoms with Crippen molar-refractivity contribution in [1.82, 2.24) is 9.97 Å². The molecule has 0 unspecified atom stereocenters. The number of carbonyl (C=O) groups excluding carboxylic acids is 1. The molecule has 1 aromatic rings. The molecular formula is C9H12IN3O2. The zero-order chi connectivity index (χ0) is 11.6. The fraction of sp³-hybridized carbons (Fsp3) is 0.444. The first kappa shape index (κ1) is 12.2. The lowest BCUT2D eigenvalue weighted by molar-refractivity contribution is 0.206. The van der Waals surface area contributed by atoms with E-state index >= 15 is 0 Å². The predicted molar refractivity (Wildman–Crippen MR) is 63.7 cm³/mol. The lowest BCUT2D eigenvalue weighted by Gasteiger charge is -2.19. The van der Waals surface area contributed by atoms with Crippen LogP contribution in [0.4, 0.5) is 4.79 Å². The summed E-state index contributed by atoms with van der Waals surface area (Å²) in [6.45, 7) is 6.06. The van der Waals surface area contributed by atoms with Gasteiger partial charge < -0.3 is 10.5 Å². The van der Waals surface area contributed by atoms with Gasteiger partial charge in [-0.1, -0.05) is 20.8 Å². The summed E-state index contributed by atoms with van der Waals surface area (Å²) in [6.07, 6.45) is 0.697. The first-order valence-electron chi connectivity index (χ1n) is 4.31. The fourth-order valence-electron chi connectivity index (χ4n) is 1.02. The van der Waals surface area contributed by atoms with Gasteiger partial charge in [-0.25, -0.2) is 9.78 Å². The van der Waals surface area contributed by atoms with E-state index in [-0.39, 0.29) is 11.4 Å². The second-order valence-corrected chi connectivity index (χ2v) is 5.18. The Morgan fingerprint density at radius 2 is 2.13 bits per heavy atom. The largest absolute Gasteiger partial charge is 0.412 e. The van der Waals surface area contributed by atoms with Gasteiger partial charge >= 0.3 is 12.1 Å². The van der Waals surface area contributed by atoms with Gasteiger partial charge in [0.05, 0.1) is 9.26 Å². The van der Waals surface area contributed by atoms with Gasteiger partial charge in [0.2, 0.25) is 0 Å². The molecule has 1 rings (SSSR count). The molecule has 0 aliphatic heterocycles. The van der Waals surface area contributed by atoms with Crippen LogP contribution in [0, 0.1) is 3.57 Å². The molecule has 15 heavy (non-hydrogen) atoms. The van der Waals surface area contributed by atoms with E-state index in [4.69, 9.17) is 5.73 Å². The van der Waals surface area contributed by atoms with Crippen molar-refractivity contribution < 1.29 is 9.53 Å². The Labute approximate surface area is 102 Å². The Balaban J connectivity index is 3.11. The highest BCUT2D eigenvalue weighted by Crippen LogP contribution is 2.25. The van der Waals surface area contributed by atoms with Gasteiger partial charge in [-0.3, -0.25) is 0 Å². The van der Waals surface area contributed by atoms with Crippen LogP contribution in [0.3, 0.4) is 0 Å². The summed E-state index contributed by atoms with van der Waals surface area (Å²) in [5.74, 6) is 0. The van der Waals surface area contributed by atoms with E-state index in [0.717, 1.165) is 9.26 Å². The van der Waals surface area contributed by atoms with Gasteiger partial charge in [0, 0.05) is 11.6 Å². The third-order valence-corrected chi connectivity index (χ3v) is 2.41. The number of aromatic nitrogens is 2. The van der Waals surface area contributed by atoms with E-state index in [1.807, 2.05) is 20.8 Å². The monoisotopic (exact) mass is 321 g/mol. The van der Waals surface area contributed by atoms with Crippen molar-refractivity contribution in [3.05, 3.63) is 15.5 Å². The minimum Gasteiger partial charge on any atom is -0.374 e. The molecule has 0 aromatic carbocycles. The second kappa shape index (κ2) is 4.30. The molecule has 1 heterocycles. The van der Waals surface area contributed by atoms with Gasteiger partial charge in [0.15, 0.2) is 0 Å². The highest BCUT2D eigenvalue weighted by molar-refractivity contribution is 14.1. The third kappa shape index (κ3) is 3.29. The molecule has 6 heteroatoms. The fourth-order valence-corrected chi connectivity index (χ4v) is 2.08. The van der Waals surface area contributed by atoms with Crippen LogP contribution in [-0.2, 0) is 5.41 Å². The van der Waals surface area contributed by atoms with Gasteiger partial charge in [-0.2, -0.15) is 4.98 Å². The Hall–Kier alpha value is -0.920. The topological polar surface area (TPSA) is 78.1 Å². The van der Waals surface area contributed by atoms with E-state index in [1.54, 1.807) is 6.20 Å². The van der Waals surface area contributed by atoms with E-state index in [9.17, 15) is 4.79 Å². The molecule has 82 valence electrons. The van der Waals surface area contributed by atoms with Crippen LogP contribution in [0.5, 0.6) is 6.01 Å². The summed E-state index contributed by atoms with van der Waals surface area (Å²) in [5, 5.41) is 0. The van der Waals surface area contributed by atoms with Crippen molar-refractivity contribution in [2.45, 2.75) is 26.2 Å². The molecule has 0 fully saturated rings. The Bertz CT molecular complexity index is 387. The van der Waals surface area contributed by atoms with Gasteiger partial charge in [0.25, 0.3) is 0 Å². The van der Waals surface area contributed by atoms with Crippen molar-refractivity contribution in [2.24, 2.45) is 5.73 Å². The molecule has 5 nitrogen and oxygen atoms in total. The zero-order valence-corrected chi connectivity index (χ0v) is 10.9. The van der Waals surface area contributed by atoms with Crippen LogP contribution in [0.1, 0.15) is 26.5 Å². The standard InChI is InChI=1S/C9H12IN3O2/c1-9(2,3)6-5(10)4-12-8(13-6)15-7(11)14/h4H,1-3H3,(H2,11,14). The molecular weight excluding hydrogens is 309 g/mol. The maximum atomic E-state index is 10.5. The average Bonchev–Trinajstić information content (AvgIpc) is 2.05. The molecule has 2 N–H and O–H groups in total. The number of halogens is 1. The smallest absolute Gasteiger partial charge is 0.374 e. The summed E-state index contributed by atoms with van der Waals surface area (Å²) >= 11 is 2.14.